The minimum Gasteiger partial charge on any atom is -0.493 e. The SMILES string of the molecule is COc1ccc(C=O)cc1OCC(=O)Nc1ncc(Cc2ccc(Cl)c(C(F)(F)F)c2)s1. The van der Waals surface area contributed by atoms with Crippen LogP contribution in [0.2, 0.25) is 5.02 Å². The molecule has 0 radical (unpaired) electrons. The van der Waals surface area contributed by atoms with Gasteiger partial charge in [-0.1, -0.05) is 17.7 Å². The van der Waals surface area contributed by atoms with E-state index in [9.17, 15) is 22.8 Å². The van der Waals surface area contributed by atoms with E-state index in [1.165, 1.54) is 31.5 Å². The minimum absolute atomic E-state index is 0.194. The lowest BCUT2D eigenvalue weighted by atomic mass is 10.1. The van der Waals surface area contributed by atoms with Crippen molar-refractivity contribution in [1.29, 1.82) is 0 Å². The number of hydrogen-bond donors (Lipinski definition) is 1. The molecule has 0 unspecified atom stereocenters. The van der Waals surface area contributed by atoms with Crippen molar-refractivity contribution in [3.05, 3.63) is 69.2 Å². The van der Waals surface area contributed by atoms with E-state index >= 15 is 0 Å². The van der Waals surface area contributed by atoms with Crippen molar-refractivity contribution in [1.82, 2.24) is 4.98 Å². The number of nitrogens with zero attached hydrogens (tertiary/aromatic N) is 1. The number of benzene rings is 2. The molecule has 0 fully saturated rings. The van der Waals surface area contributed by atoms with Crippen LogP contribution in [0.25, 0.3) is 0 Å². The summed E-state index contributed by atoms with van der Waals surface area (Å²) in [5, 5.41) is 2.46. The van der Waals surface area contributed by atoms with E-state index in [2.05, 4.69) is 10.3 Å². The lowest BCUT2D eigenvalue weighted by molar-refractivity contribution is -0.137. The first-order valence-electron chi connectivity index (χ1n) is 9.06. The van der Waals surface area contributed by atoms with Crippen LogP contribution in [0.5, 0.6) is 11.5 Å². The molecule has 0 aliphatic rings. The molecule has 1 amide bonds. The van der Waals surface area contributed by atoms with Crippen molar-refractivity contribution in [3.8, 4) is 11.5 Å². The monoisotopic (exact) mass is 484 g/mol. The molecule has 0 bridgehead atoms. The number of hydrogen-bond acceptors (Lipinski definition) is 6. The number of nitrogens with one attached hydrogen (secondary N) is 1. The Labute approximate surface area is 189 Å². The molecule has 0 atom stereocenters. The summed E-state index contributed by atoms with van der Waals surface area (Å²) < 4.78 is 49.6. The van der Waals surface area contributed by atoms with E-state index in [0.717, 1.165) is 17.4 Å². The van der Waals surface area contributed by atoms with E-state index in [1.807, 2.05) is 0 Å². The van der Waals surface area contributed by atoms with Crippen molar-refractivity contribution >= 4 is 40.3 Å². The third-order valence-electron chi connectivity index (χ3n) is 4.20. The number of rotatable bonds is 8. The Balaban J connectivity index is 1.61. The first kappa shape index (κ1) is 23.6. The second-order valence-electron chi connectivity index (χ2n) is 6.49. The summed E-state index contributed by atoms with van der Waals surface area (Å²) in [6, 6.07) is 8.25. The predicted octanol–water partition coefficient (Wildman–Crippen LogP) is 5.24. The number of carbonyl (C=O) groups is 2. The first-order chi connectivity index (χ1) is 15.2. The number of methoxy groups -OCH3 is 1. The summed E-state index contributed by atoms with van der Waals surface area (Å²) in [5.74, 6) is 0.0896. The highest BCUT2D eigenvalue weighted by atomic mass is 35.5. The summed E-state index contributed by atoms with van der Waals surface area (Å²) in [6.07, 6.45) is -2.24. The molecule has 0 aliphatic heterocycles. The van der Waals surface area contributed by atoms with Crippen molar-refractivity contribution in [2.75, 3.05) is 19.0 Å². The third-order valence-corrected chi connectivity index (χ3v) is 5.44. The number of aldehydes is 1. The van der Waals surface area contributed by atoms with Crippen LogP contribution in [0.1, 0.15) is 26.4 Å². The van der Waals surface area contributed by atoms with Crippen LogP contribution in [0.4, 0.5) is 18.3 Å². The Morgan fingerprint density at radius 3 is 2.69 bits per heavy atom. The van der Waals surface area contributed by atoms with E-state index < -0.39 is 17.6 Å². The van der Waals surface area contributed by atoms with Crippen molar-refractivity contribution < 1.29 is 32.2 Å². The molecule has 2 aromatic carbocycles. The number of amides is 1. The quantitative estimate of drug-likeness (QED) is 0.442. The number of halogens is 4. The van der Waals surface area contributed by atoms with Crippen molar-refractivity contribution in [2.24, 2.45) is 0 Å². The Morgan fingerprint density at radius 1 is 1.22 bits per heavy atom. The van der Waals surface area contributed by atoms with E-state index in [4.69, 9.17) is 21.1 Å². The zero-order valence-electron chi connectivity index (χ0n) is 16.5. The van der Waals surface area contributed by atoms with Gasteiger partial charge in [-0.05, 0) is 35.9 Å². The van der Waals surface area contributed by atoms with Crippen molar-refractivity contribution in [2.45, 2.75) is 12.6 Å². The number of carbonyl (C=O) groups excluding carboxylic acids is 2. The van der Waals surface area contributed by atoms with Gasteiger partial charge in [0.2, 0.25) is 0 Å². The number of aromatic nitrogens is 1. The zero-order chi connectivity index (χ0) is 23.3. The molecule has 0 saturated heterocycles. The Morgan fingerprint density at radius 2 is 2.00 bits per heavy atom. The van der Waals surface area contributed by atoms with Gasteiger partial charge < -0.3 is 9.47 Å². The maximum Gasteiger partial charge on any atom is 0.417 e. The number of alkyl halides is 3. The maximum absolute atomic E-state index is 13.0. The molecule has 3 rings (SSSR count). The number of anilines is 1. The first-order valence-corrected chi connectivity index (χ1v) is 10.2. The molecule has 0 spiro atoms. The standard InChI is InChI=1S/C21H16ClF3N2O4S/c1-30-17-5-3-13(10-28)8-18(17)31-11-19(29)27-20-26-9-14(32-20)6-12-2-4-16(22)15(7-12)21(23,24)25/h2-5,7-10H,6,11H2,1H3,(H,26,27,29). The van der Waals surface area contributed by atoms with Crippen LogP contribution >= 0.6 is 22.9 Å². The van der Waals surface area contributed by atoms with Gasteiger partial charge in [0.15, 0.2) is 23.2 Å². The Hall–Kier alpha value is -3.11. The second-order valence-corrected chi connectivity index (χ2v) is 8.01. The highest BCUT2D eigenvalue weighted by molar-refractivity contribution is 7.15. The van der Waals surface area contributed by atoms with Gasteiger partial charge >= 0.3 is 6.18 Å². The molecule has 0 aliphatic carbocycles. The highest BCUT2D eigenvalue weighted by Gasteiger charge is 2.33. The fraction of sp³-hybridized carbons (Fsp3) is 0.190. The summed E-state index contributed by atoms with van der Waals surface area (Å²) in [7, 11) is 1.43. The Bertz CT molecular complexity index is 1130. The van der Waals surface area contributed by atoms with Crippen LogP contribution in [0, 0.1) is 0 Å². The molecular formula is C21H16ClF3N2O4S. The fourth-order valence-corrected chi connectivity index (χ4v) is 3.81. The normalized spacial score (nSPS) is 11.2. The highest BCUT2D eigenvalue weighted by Crippen LogP contribution is 2.36. The summed E-state index contributed by atoms with van der Waals surface area (Å²) in [4.78, 5) is 27.8. The molecule has 32 heavy (non-hydrogen) atoms. The zero-order valence-corrected chi connectivity index (χ0v) is 18.1. The lowest BCUT2D eigenvalue weighted by Crippen LogP contribution is -2.20. The van der Waals surface area contributed by atoms with Gasteiger partial charge in [0.25, 0.3) is 5.91 Å². The largest absolute Gasteiger partial charge is 0.493 e. The summed E-state index contributed by atoms with van der Waals surface area (Å²) >= 11 is 6.77. The van der Waals surface area contributed by atoms with E-state index in [1.54, 1.807) is 12.1 Å². The van der Waals surface area contributed by atoms with Gasteiger partial charge in [0.05, 0.1) is 17.7 Å². The lowest BCUT2D eigenvalue weighted by Gasteiger charge is -2.10. The molecule has 1 heterocycles. The van der Waals surface area contributed by atoms with Gasteiger partial charge in [0, 0.05) is 23.1 Å². The van der Waals surface area contributed by atoms with Gasteiger partial charge in [-0.15, -0.1) is 11.3 Å². The van der Waals surface area contributed by atoms with Crippen LogP contribution in [-0.2, 0) is 17.4 Å². The summed E-state index contributed by atoms with van der Waals surface area (Å²) in [6.45, 7) is -0.361. The molecule has 6 nitrogen and oxygen atoms in total. The average molecular weight is 485 g/mol. The minimum atomic E-state index is -4.55. The Kier molecular flexibility index (Phi) is 7.37. The smallest absolute Gasteiger partial charge is 0.417 e. The summed E-state index contributed by atoms with van der Waals surface area (Å²) in [5.41, 5.74) is -0.128. The fourth-order valence-electron chi connectivity index (χ4n) is 2.73. The van der Waals surface area contributed by atoms with Crippen molar-refractivity contribution in [3.63, 3.8) is 0 Å². The number of ether oxygens (including phenoxy) is 2. The van der Waals surface area contributed by atoms with Crippen LogP contribution in [0.15, 0.2) is 42.6 Å². The number of thiazole rings is 1. The maximum atomic E-state index is 13.0. The molecule has 11 heteroatoms. The molecule has 0 saturated carbocycles. The second kappa shape index (κ2) is 10.0. The van der Waals surface area contributed by atoms with E-state index in [-0.39, 0.29) is 28.9 Å². The molecule has 3 aromatic rings. The molecular weight excluding hydrogens is 469 g/mol. The topological polar surface area (TPSA) is 77.5 Å². The third kappa shape index (κ3) is 5.98. The molecule has 168 valence electrons. The van der Waals surface area contributed by atoms with Crippen LogP contribution < -0.4 is 14.8 Å². The molecule has 1 N–H and O–H groups in total. The van der Waals surface area contributed by atoms with Gasteiger partial charge in [-0.3, -0.25) is 14.9 Å². The van der Waals surface area contributed by atoms with E-state index in [0.29, 0.717) is 28.0 Å². The van der Waals surface area contributed by atoms with Crippen LogP contribution in [0.3, 0.4) is 0 Å². The van der Waals surface area contributed by atoms with Gasteiger partial charge in [0.1, 0.15) is 6.29 Å². The average Bonchev–Trinajstić information content (AvgIpc) is 3.19. The molecule has 1 aromatic heterocycles. The predicted molar refractivity (Wildman–Crippen MR) is 114 cm³/mol. The van der Waals surface area contributed by atoms with Crippen LogP contribution in [-0.4, -0.2) is 30.9 Å². The van der Waals surface area contributed by atoms with Gasteiger partial charge in [-0.2, -0.15) is 13.2 Å². The van der Waals surface area contributed by atoms with Gasteiger partial charge in [-0.25, -0.2) is 4.98 Å².